The monoisotopic (exact) mass is 240 g/mol. The van der Waals surface area contributed by atoms with Crippen molar-refractivity contribution in [1.29, 1.82) is 0 Å². The molecule has 1 aliphatic rings. The Hall–Kier alpha value is -0.660. The minimum Gasteiger partial charge on any atom is -0.344 e. The van der Waals surface area contributed by atoms with E-state index in [4.69, 9.17) is 6.42 Å². The van der Waals surface area contributed by atoms with E-state index >= 15 is 0 Å². The average molecular weight is 240 g/mol. The van der Waals surface area contributed by atoms with Crippen molar-refractivity contribution in [3.05, 3.63) is 0 Å². The lowest BCUT2D eigenvalue weighted by molar-refractivity contribution is -0.122. The number of rotatable bonds is 5. The summed E-state index contributed by atoms with van der Waals surface area (Å²) in [5, 5.41) is 6.60. The van der Waals surface area contributed by atoms with E-state index in [1.54, 1.807) is 0 Å². The van der Waals surface area contributed by atoms with Gasteiger partial charge in [0.1, 0.15) is 0 Å². The van der Waals surface area contributed by atoms with E-state index < -0.39 is 0 Å². The first-order valence-corrected chi connectivity index (χ1v) is 6.85. The number of terminal acetylenes is 1. The van der Waals surface area contributed by atoms with Crippen molar-refractivity contribution in [3.8, 4) is 12.3 Å². The molecule has 90 valence electrons. The third-order valence-electron chi connectivity index (χ3n) is 2.68. The van der Waals surface area contributed by atoms with Gasteiger partial charge in [-0.3, -0.25) is 4.79 Å². The van der Waals surface area contributed by atoms with Gasteiger partial charge in [-0.05, 0) is 25.5 Å². The molecule has 16 heavy (non-hydrogen) atoms. The van der Waals surface area contributed by atoms with Gasteiger partial charge in [0.15, 0.2) is 0 Å². The summed E-state index contributed by atoms with van der Waals surface area (Å²) < 4.78 is 0. The van der Waals surface area contributed by atoms with Gasteiger partial charge >= 0.3 is 0 Å². The highest BCUT2D eigenvalue weighted by atomic mass is 32.2. The molecule has 0 aromatic heterocycles. The molecule has 1 rings (SSSR count). The number of carbonyl (C=O) groups excluding carboxylic acids is 1. The van der Waals surface area contributed by atoms with E-state index in [1.807, 2.05) is 18.7 Å². The van der Waals surface area contributed by atoms with Crippen LogP contribution < -0.4 is 10.6 Å². The molecule has 3 nitrogen and oxygen atoms in total. The number of hydrogen-bond donors (Lipinski definition) is 2. The summed E-state index contributed by atoms with van der Waals surface area (Å²) in [7, 11) is 0. The quantitative estimate of drug-likeness (QED) is 0.704. The first-order chi connectivity index (χ1) is 7.74. The van der Waals surface area contributed by atoms with Gasteiger partial charge in [-0.25, -0.2) is 0 Å². The summed E-state index contributed by atoms with van der Waals surface area (Å²) in [6.45, 7) is 3.09. The summed E-state index contributed by atoms with van der Waals surface area (Å²) in [6, 6.07) is -0.157. The van der Waals surface area contributed by atoms with Gasteiger partial charge in [-0.2, -0.15) is 11.8 Å². The van der Waals surface area contributed by atoms with Gasteiger partial charge in [0.25, 0.3) is 0 Å². The van der Waals surface area contributed by atoms with E-state index in [2.05, 4.69) is 16.6 Å². The molecule has 2 unspecified atom stereocenters. The summed E-state index contributed by atoms with van der Waals surface area (Å²) in [5.41, 5.74) is 0. The molecular formula is C12H20N2OS. The van der Waals surface area contributed by atoms with Crippen molar-refractivity contribution in [2.75, 3.05) is 18.8 Å². The van der Waals surface area contributed by atoms with Crippen LogP contribution in [-0.4, -0.2) is 36.0 Å². The number of amides is 1. The summed E-state index contributed by atoms with van der Waals surface area (Å²) >= 11 is 2.01. The SMILES string of the molecule is C#CCNC(=O)C(C)NCC1CCCCS1. The van der Waals surface area contributed by atoms with Crippen LogP contribution in [0.2, 0.25) is 0 Å². The maximum absolute atomic E-state index is 11.5. The van der Waals surface area contributed by atoms with Crippen LogP contribution in [0.5, 0.6) is 0 Å². The molecule has 2 N–H and O–H groups in total. The van der Waals surface area contributed by atoms with Gasteiger partial charge < -0.3 is 10.6 Å². The molecule has 1 fully saturated rings. The van der Waals surface area contributed by atoms with E-state index in [1.165, 1.54) is 25.0 Å². The minimum absolute atomic E-state index is 0.0150. The Labute approximate surface area is 102 Å². The van der Waals surface area contributed by atoms with Crippen molar-refractivity contribution in [3.63, 3.8) is 0 Å². The van der Waals surface area contributed by atoms with Gasteiger partial charge in [0, 0.05) is 11.8 Å². The maximum atomic E-state index is 11.5. The van der Waals surface area contributed by atoms with E-state index in [0.717, 1.165) is 6.54 Å². The van der Waals surface area contributed by atoms with Crippen LogP contribution in [0, 0.1) is 12.3 Å². The number of nitrogens with one attached hydrogen (secondary N) is 2. The molecule has 0 radical (unpaired) electrons. The standard InChI is InChI=1S/C12H20N2OS/c1-3-7-13-12(15)10(2)14-9-11-6-4-5-8-16-11/h1,10-11,14H,4-9H2,2H3,(H,13,15). The van der Waals surface area contributed by atoms with Crippen LogP contribution in [0.15, 0.2) is 0 Å². The molecule has 1 saturated heterocycles. The van der Waals surface area contributed by atoms with Crippen LogP contribution in [-0.2, 0) is 4.79 Å². The van der Waals surface area contributed by atoms with Crippen molar-refractivity contribution in [2.45, 2.75) is 37.5 Å². The molecule has 0 aliphatic carbocycles. The molecular weight excluding hydrogens is 220 g/mol. The van der Waals surface area contributed by atoms with E-state index in [9.17, 15) is 4.79 Å². The fourth-order valence-corrected chi connectivity index (χ4v) is 2.91. The fraction of sp³-hybridized carbons (Fsp3) is 0.750. The average Bonchev–Trinajstić information content (AvgIpc) is 2.34. The lowest BCUT2D eigenvalue weighted by atomic mass is 10.2. The van der Waals surface area contributed by atoms with Gasteiger partial charge in [0.2, 0.25) is 5.91 Å². The third kappa shape index (κ3) is 4.91. The molecule has 1 amide bonds. The summed E-state index contributed by atoms with van der Waals surface area (Å²) in [5.74, 6) is 3.63. The first-order valence-electron chi connectivity index (χ1n) is 5.80. The van der Waals surface area contributed by atoms with Gasteiger partial charge in [-0.15, -0.1) is 6.42 Å². The molecule has 0 saturated carbocycles. The first kappa shape index (κ1) is 13.4. The lowest BCUT2D eigenvalue weighted by Gasteiger charge is -2.23. The summed E-state index contributed by atoms with van der Waals surface area (Å²) in [4.78, 5) is 11.5. The lowest BCUT2D eigenvalue weighted by Crippen LogP contribution is -2.44. The largest absolute Gasteiger partial charge is 0.344 e. The second kappa shape index (κ2) is 7.59. The van der Waals surface area contributed by atoms with Crippen LogP contribution >= 0.6 is 11.8 Å². The Kier molecular flexibility index (Phi) is 6.36. The Bertz CT molecular complexity index is 256. The second-order valence-electron chi connectivity index (χ2n) is 4.04. The molecule has 0 aromatic carbocycles. The molecule has 0 spiro atoms. The third-order valence-corrected chi connectivity index (χ3v) is 4.08. The van der Waals surface area contributed by atoms with Crippen molar-refractivity contribution in [1.82, 2.24) is 10.6 Å². The van der Waals surface area contributed by atoms with Crippen LogP contribution in [0.25, 0.3) is 0 Å². The molecule has 1 heterocycles. The number of carbonyl (C=O) groups is 1. The van der Waals surface area contributed by atoms with Crippen molar-refractivity contribution in [2.24, 2.45) is 0 Å². The zero-order valence-corrected chi connectivity index (χ0v) is 10.6. The predicted molar refractivity (Wildman–Crippen MR) is 69.4 cm³/mol. The van der Waals surface area contributed by atoms with Crippen molar-refractivity contribution >= 4 is 17.7 Å². The normalized spacial score (nSPS) is 22.1. The smallest absolute Gasteiger partial charge is 0.237 e. The maximum Gasteiger partial charge on any atom is 0.237 e. The highest BCUT2D eigenvalue weighted by Gasteiger charge is 2.17. The zero-order chi connectivity index (χ0) is 11.8. The van der Waals surface area contributed by atoms with Gasteiger partial charge in [0.05, 0.1) is 12.6 Å². The van der Waals surface area contributed by atoms with E-state index in [0.29, 0.717) is 11.8 Å². The Morgan fingerprint density at radius 1 is 1.62 bits per heavy atom. The fourth-order valence-electron chi connectivity index (χ4n) is 1.66. The molecule has 1 aliphatic heterocycles. The predicted octanol–water partition coefficient (Wildman–Crippen LogP) is 1.000. The van der Waals surface area contributed by atoms with Crippen molar-refractivity contribution < 1.29 is 4.79 Å². The topological polar surface area (TPSA) is 41.1 Å². The molecule has 0 bridgehead atoms. The Morgan fingerprint density at radius 2 is 2.44 bits per heavy atom. The molecule has 2 atom stereocenters. The summed E-state index contributed by atoms with van der Waals surface area (Å²) in [6.07, 6.45) is 8.99. The Morgan fingerprint density at radius 3 is 3.06 bits per heavy atom. The highest BCUT2D eigenvalue weighted by molar-refractivity contribution is 7.99. The minimum atomic E-state index is -0.157. The number of thioether (sulfide) groups is 1. The van der Waals surface area contributed by atoms with Crippen LogP contribution in [0.4, 0.5) is 0 Å². The van der Waals surface area contributed by atoms with Gasteiger partial charge in [-0.1, -0.05) is 12.3 Å². The zero-order valence-electron chi connectivity index (χ0n) is 9.79. The second-order valence-corrected chi connectivity index (χ2v) is 5.45. The molecule has 4 heteroatoms. The highest BCUT2D eigenvalue weighted by Crippen LogP contribution is 2.24. The Balaban J connectivity index is 2.15. The number of hydrogen-bond acceptors (Lipinski definition) is 3. The van der Waals surface area contributed by atoms with Crippen LogP contribution in [0.1, 0.15) is 26.2 Å². The molecule has 0 aromatic rings. The van der Waals surface area contributed by atoms with Crippen LogP contribution in [0.3, 0.4) is 0 Å². The van der Waals surface area contributed by atoms with E-state index in [-0.39, 0.29) is 11.9 Å².